The van der Waals surface area contributed by atoms with E-state index in [1.807, 2.05) is 4.90 Å². The minimum absolute atomic E-state index is 0.108. The van der Waals surface area contributed by atoms with Gasteiger partial charge in [-0.05, 0) is 31.9 Å². The van der Waals surface area contributed by atoms with Crippen molar-refractivity contribution in [2.75, 3.05) is 33.4 Å². The van der Waals surface area contributed by atoms with Crippen LogP contribution in [0.1, 0.15) is 24.8 Å². The van der Waals surface area contributed by atoms with Crippen LogP contribution in [-0.2, 0) is 20.9 Å². The van der Waals surface area contributed by atoms with Gasteiger partial charge in [-0.25, -0.2) is 4.39 Å². The fraction of sp³-hybridized carbons (Fsp3) is 0.556. The Hall–Kier alpha value is -1.99. The molecule has 6 nitrogen and oxygen atoms in total. The lowest BCUT2D eigenvalue weighted by Gasteiger charge is -2.39. The number of hydrogen-bond acceptors (Lipinski definition) is 4. The summed E-state index contributed by atoms with van der Waals surface area (Å²) in [4.78, 5) is 25.7. The molecular formula is C18H25FN2O4. The number of nitrogens with one attached hydrogen (secondary N) is 1. The van der Waals surface area contributed by atoms with E-state index in [9.17, 15) is 19.1 Å². The van der Waals surface area contributed by atoms with Gasteiger partial charge in [0, 0.05) is 32.4 Å². The Kier molecular flexibility index (Phi) is 6.90. The first kappa shape index (κ1) is 19.3. The van der Waals surface area contributed by atoms with Crippen LogP contribution in [0, 0.1) is 11.2 Å². The van der Waals surface area contributed by atoms with Crippen molar-refractivity contribution in [3.63, 3.8) is 0 Å². The van der Waals surface area contributed by atoms with Crippen molar-refractivity contribution in [3.05, 3.63) is 35.6 Å². The molecule has 1 heterocycles. The zero-order chi connectivity index (χ0) is 18.3. The predicted molar refractivity (Wildman–Crippen MR) is 90.5 cm³/mol. The molecule has 25 heavy (non-hydrogen) atoms. The van der Waals surface area contributed by atoms with Gasteiger partial charge in [0.1, 0.15) is 5.82 Å². The van der Waals surface area contributed by atoms with E-state index in [1.54, 1.807) is 25.3 Å². The molecule has 1 atom stereocenters. The van der Waals surface area contributed by atoms with Gasteiger partial charge in [-0.1, -0.05) is 18.2 Å². The summed E-state index contributed by atoms with van der Waals surface area (Å²) in [6.07, 6.45) is 1.72. The maximum atomic E-state index is 13.6. The first-order chi connectivity index (χ1) is 12.0. The number of rotatable bonds is 8. The van der Waals surface area contributed by atoms with E-state index in [4.69, 9.17) is 4.74 Å². The second kappa shape index (κ2) is 8.92. The Labute approximate surface area is 147 Å². The van der Waals surface area contributed by atoms with Crippen LogP contribution in [0.4, 0.5) is 4.39 Å². The summed E-state index contributed by atoms with van der Waals surface area (Å²) in [5.41, 5.74) is -0.449. The highest BCUT2D eigenvalue weighted by Gasteiger charge is 2.42. The maximum absolute atomic E-state index is 13.6. The number of carboxylic acid groups (broad SMARTS) is 1. The van der Waals surface area contributed by atoms with E-state index in [2.05, 4.69) is 5.32 Å². The first-order valence-corrected chi connectivity index (χ1v) is 8.42. The number of methoxy groups -OCH3 is 1. The molecule has 2 rings (SSSR count). The topological polar surface area (TPSA) is 78.9 Å². The number of amides is 1. The van der Waals surface area contributed by atoms with Crippen LogP contribution in [0.15, 0.2) is 24.3 Å². The van der Waals surface area contributed by atoms with Crippen LogP contribution in [0.3, 0.4) is 0 Å². The summed E-state index contributed by atoms with van der Waals surface area (Å²) in [6.45, 7) is 1.59. The number of carbonyl (C=O) groups is 2. The van der Waals surface area contributed by atoms with Crippen LogP contribution in [0.25, 0.3) is 0 Å². The number of aliphatic carboxylic acids is 1. The standard InChI is InChI=1S/C18H25FN2O4/c1-25-10-8-18(17(23)24)7-4-9-21(13-18)12-16(22)20-11-14-5-2-3-6-15(14)19/h2-3,5-6H,4,7-13H2,1H3,(H,20,22)(H,23,24). The van der Waals surface area contributed by atoms with Crippen LogP contribution in [0.5, 0.6) is 0 Å². The molecule has 1 aromatic rings. The molecule has 1 aliphatic rings. The molecule has 0 aromatic heterocycles. The summed E-state index contributed by atoms with van der Waals surface area (Å²) in [5, 5.41) is 12.3. The third-order valence-electron chi connectivity index (χ3n) is 4.70. The highest BCUT2D eigenvalue weighted by molar-refractivity contribution is 5.78. The molecule has 0 saturated carbocycles. The molecular weight excluding hydrogens is 327 g/mol. The third kappa shape index (κ3) is 5.24. The molecule has 1 amide bonds. The van der Waals surface area contributed by atoms with Gasteiger partial charge in [0.25, 0.3) is 0 Å². The van der Waals surface area contributed by atoms with Gasteiger partial charge >= 0.3 is 5.97 Å². The van der Waals surface area contributed by atoms with Crippen molar-refractivity contribution < 1.29 is 23.8 Å². The molecule has 1 aliphatic heterocycles. The van der Waals surface area contributed by atoms with E-state index >= 15 is 0 Å². The molecule has 7 heteroatoms. The molecule has 2 N–H and O–H groups in total. The molecule has 1 aromatic carbocycles. The van der Waals surface area contributed by atoms with E-state index in [0.29, 0.717) is 38.1 Å². The van der Waals surface area contributed by atoms with Crippen LogP contribution in [0.2, 0.25) is 0 Å². The molecule has 1 unspecified atom stereocenters. The van der Waals surface area contributed by atoms with E-state index in [-0.39, 0.29) is 24.8 Å². The van der Waals surface area contributed by atoms with E-state index in [1.165, 1.54) is 6.07 Å². The van der Waals surface area contributed by atoms with Crippen molar-refractivity contribution >= 4 is 11.9 Å². The highest BCUT2D eigenvalue weighted by Crippen LogP contribution is 2.33. The zero-order valence-electron chi connectivity index (χ0n) is 14.5. The quantitative estimate of drug-likeness (QED) is 0.744. The number of carboxylic acids is 1. The summed E-state index contributed by atoms with van der Waals surface area (Å²) >= 11 is 0. The van der Waals surface area contributed by atoms with Crippen molar-refractivity contribution in [1.29, 1.82) is 0 Å². The number of hydrogen-bond donors (Lipinski definition) is 2. The summed E-state index contributed by atoms with van der Waals surface area (Å²) in [5.74, 6) is -1.44. The minimum atomic E-state index is -0.875. The Bertz CT molecular complexity index is 610. The average molecular weight is 352 g/mol. The Balaban J connectivity index is 1.89. The monoisotopic (exact) mass is 352 g/mol. The molecule has 0 aliphatic carbocycles. The van der Waals surface area contributed by atoms with Gasteiger partial charge in [-0.15, -0.1) is 0 Å². The molecule has 0 bridgehead atoms. The summed E-state index contributed by atoms with van der Waals surface area (Å²) < 4.78 is 18.6. The Morgan fingerprint density at radius 2 is 2.16 bits per heavy atom. The van der Waals surface area contributed by atoms with E-state index in [0.717, 1.165) is 6.42 Å². The van der Waals surface area contributed by atoms with Crippen LogP contribution >= 0.6 is 0 Å². The Morgan fingerprint density at radius 1 is 1.40 bits per heavy atom. The number of carbonyl (C=O) groups excluding carboxylic acids is 1. The number of ether oxygens (including phenoxy) is 1. The largest absolute Gasteiger partial charge is 0.481 e. The predicted octanol–water partition coefficient (Wildman–Crippen LogP) is 1.65. The Morgan fingerprint density at radius 3 is 2.84 bits per heavy atom. The van der Waals surface area contributed by atoms with Gasteiger partial charge in [-0.2, -0.15) is 0 Å². The zero-order valence-corrected chi connectivity index (χ0v) is 14.5. The number of likely N-dealkylation sites (tertiary alicyclic amines) is 1. The van der Waals surface area contributed by atoms with Gasteiger partial charge in [-0.3, -0.25) is 14.5 Å². The molecule has 1 saturated heterocycles. The smallest absolute Gasteiger partial charge is 0.311 e. The van der Waals surface area contributed by atoms with Gasteiger partial charge in [0.15, 0.2) is 0 Å². The second-order valence-electron chi connectivity index (χ2n) is 6.51. The van der Waals surface area contributed by atoms with Crippen molar-refractivity contribution in [1.82, 2.24) is 10.2 Å². The number of halogens is 1. The van der Waals surface area contributed by atoms with E-state index < -0.39 is 11.4 Å². The fourth-order valence-electron chi connectivity index (χ4n) is 3.24. The average Bonchev–Trinajstić information content (AvgIpc) is 2.59. The first-order valence-electron chi connectivity index (χ1n) is 8.42. The van der Waals surface area contributed by atoms with Gasteiger partial charge in [0.05, 0.1) is 12.0 Å². The van der Waals surface area contributed by atoms with Crippen molar-refractivity contribution in [3.8, 4) is 0 Å². The lowest BCUT2D eigenvalue weighted by molar-refractivity contribution is -0.154. The number of piperidine rings is 1. The minimum Gasteiger partial charge on any atom is -0.481 e. The number of nitrogens with zero attached hydrogens (tertiary/aromatic N) is 1. The fourth-order valence-corrected chi connectivity index (χ4v) is 3.24. The highest BCUT2D eigenvalue weighted by atomic mass is 19.1. The lowest BCUT2D eigenvalue weighted by Crippen LogP contribution is -2.50. The van der Waals surface area contributed by atoms with Crippen molar-refractivity contribution in [2.24, 2.45) is 5.41 Å². The number of benzene rings is 1. The molecule has 0 spiro atoms. The molecule has 1 fully saturated rings. The van der Waals surface area contributed by atoms with Crippen LogP contribution < -0.4 is 5.32 Å². The second-order valence-corrected chi connectivity index (χ2v) is 6.51. The van der Waals surface area contributed by atoms with Crippen LogP contribution in [-0.4, -0.2) is 55.2 Å². The third-order valence-corrected chi connectivity index (χ3v) is 4.70. The molecule has 138 valence electrons. The summed E-state index contributed by atoms with van der Waals surface area (Å²) in [7, 11) is 1.55. The normalized spacial score (nSPS) is 21.0. The molecule has 0 radical (unpaired) electrons. The maximum Gasteiger partial charge on any atom is 0.311 e. The van der Waals surface area contributed by atoms with Gasteiger partial charge in [0.2, 0.25) is 5.91 Å². The summed E-state index contributed by atoms with van der Waals surface area (Å²) in [6, 6.07) is 6.28. The SMILES string of the molecule is COCCC1(C(=O)O)CCCN(CC(=O)NCc2ccccc2F)C1. The van der Waals surface area contributed by atoms with Gasteiger partial charge < -0.3 is 15.2 Å². The lowest BCUT2D eigenvalue weighted by atomic mass is 9.77. The van der Waals surface area contributed by atoms with Crippen molar-refractivity contribution in [2.45, 2.75) is 25.8 Å².